The van der Waals surface area contributed by atoms with Crippen LogP contribution in [-0.4, -0.2) is 10.1 Å². The maximum Gasteiger partial charge on any atom is 0.121 e. The molecule has 0 bridgehead atoms. The first-order valence-corrected chi connectivity index (χ1v) is 5.50. The number of nitrogens with zero attached hydrogens (tertiary/aromatic N) is 1. The molecule has 1 unspecified atom stereocenters. The van der Waals surface area contributed by atoms with Crippen LogP contribution in [0.2, 0.25) is 0 Å². The molecule has 0 saturated heterocycles. The summed E-state index contributed by atoms with van der Waals surface area (Å²) in [7, 11) is 0. The van der Waals surface area contributed by atoms with Gasteiger partial charge in [-0.25, -0.2) is 4.98 Å². The number of aliphatic hydroxyl groups is 1. The van der Waals surface area contributed by atoms with E-state index in [1.165, 1.54) is 17.0 Å². The Morgan fingerprint density at radius 1 is 1.54 bits per heavy atom. The van der Waals surface area contributed by atoms with Crippen molar-refractivity contribution in [3.8, 4) is 0 Å². The molecular weight excluding hydrogens is 182 g/mol. The Hall–Kier alpha value is -0.410. The zero-order valence-corrected chi connectivity index (χ0v) is 9.11. The maximum atomic E-state index is 9.40. The Morgan fingerprint density at radius 2 is 2.23 bits per heavy atom. The Bertz CT molecular complexity index is 328. The topological polar surface area (TPSA) is 33.1 Å². The number of thiazole rings is 1. The lowest BCUT2D eigenvalue weighted by Gasteiger charge is -2.15. The predicted molar refractivity (Wildman–Crippen MR) is 54.1 cm³/mol. The summed E-state index contributed by atoms with van der Waals surface area (Å²) < 4.78 is 0. The molecule has 0 radical (unpaired) electrons. The van der Waals surface area contributed by atoms with E-state index in [-0.39, 0.29) is 5.41 Å². The normalized spacial score (nSPS) is 21.5. The van der Waals surface area contributed by atoms with Crippen LogP contribution in [0.1, 0.15) is 48.9 Å². The van der Waals surface area contributed by atoms with Gasteiger partial charge in [-0.1, -0.05) is 13.8 Å². The lowest BCUT2D eigenvalue weighted by Crippen LogP contribution is -2.13. The van der Waals surface area contributed by atoms with Crippen LogP contribution >= 0.6 is 11.3 Å². The van der Waals surface area contributed by atoms with E-state index < -0.39 is 6.10 Å². The molecular formula is C10H15NOS. The predicted octanol–water partition coefficient (Wildman–Crippen LogP) is 2.42. The number of rotatable bonds is 1. The highest BCUT2D eigenvalue weighted by Crippen LogP contribution is 2.41. The zero-order valence-electron chi connectivity index (χ0n) is 8.29. The van der Waals surface area contributed by atoms with Gasteiger partial charge in [0.05, 0.1) is 5.69 Å². The van der Waals surface area contributed by atoms with Crippen molar-refractivity contribution in [3.05, 3.63) is 15.6 Å². The molecule has 0 fully saturated rings. The molecule has 2 rings (SSSR count). The quantitative estimate of drug-likeness (QED) is 0.750. The molecule has 13 heavy (non-hydrogen) atoms. The van der Waals surface area contributed by atoms with Gasteiger partial charge in [0.25, 0.3) is 0 Å². The number of hydrogen-bond donors (Lipinski definition) is 1. The van der Waals surface area contributed by atoms with Gasteiger partial charge in [-0.05, 0) is 19.8 Å². The first-order chi connectivity index (χ1) is 6.00. The molecule has 1 N–H and O–H groups in total. The van der Waals surface area contributed by atoms with E-state index in [4.69, 9.17) is 0 Å². The van der Waals surface area contributed by atoms with Gasteiger partial charge in [0.2, 0.25) is 0 Å². The highest BCUT2D eigenvalue weighted by molar-refractivity contribution is 7.11. The van der Waals surface area contributed by atoms with Gasteiger partial charge >= 0.3 is 0 Å². The summed E-state index contributed by atoms with van der Waals surface area (Å²) in [6.07, 6.45) is 1.92. The first kappa shape index (κ1) is 9.16. The zero-order chi connectivity index (χ0) is 9.64. The van der Waals surface area contributed by atoms with Crippen molar-refractivity contribution in [1.82, 2.24) is 4.98 Å². The molecule has 2 nitrogen and oxygen atoms in total. The van der Waals surface area contributed by atoms with Gasteiger partial charge in [-0.15, -0.1) is 11.3 Å². The van der Waals surface area contributed by atoms with Gasteiger partial charge in [-0.3, -0.25) is 0 Å². The third-order valence-electron chi connectivity index (χ3n) is 2.69. The van der Waals surface area contributed by atoms with Crippen LogP contribution in [0.25, 0.3) is 0 Å². The highest BCUT2D eigenvalue weighted by atomic mass is 32.1. The first-order valence-electron chi connectivity index (χ1n) is 4.69. The van der Waals surface area contributed by atoms with Crippen LogP contribution in [0.3, 0.4) is 0 Å². The van der Waals surface area contributed by atoms with Gasteiger partial charge in [-0.2, -0.15) is 0 Å². The fourth-order valence-electron chi connectivity index (χ4n) is 1.79. The highest BCUT2D eigenvalue weighted by Gasteiger charge is 2.34. The molecule has 0 saturated carbocycles. The molecule has 1 heterocycles. The molecule has 1 aromatic rings. The van der Waals surface area contributed by atoms with Crippen LogP contribution < -0.4 is 0 Å². The minimum Gasteiger partial charge on any atom is -0.386 e. The maximum absolute atomic E-state index is 9.40. The molecule has 1 atom stereocenters. The Kier molecular flexibility index (Phi) is 1.96. The van der Waals surface area contributed by atoms with E-state index in [2.05, 4.69) is 18.8 Å². The number of fused-ring (bicyclic) bond motifs is 1. The monoisotopic (exact) mass is 197 g/mol. The van der Waals surface area contributed by atoms with E-state index in [0.29, 0.717) is 0 Å². The minimum atomic E-state index is -0.411. The summed E-state index contributed by atoms with van der Waals surface area (Å²) in [6.45, 7) is 6.23. The van der Waals surface area contributed by atoms with Crippen molar-refractivity contribution in [2.45, 2.75) is 45.1 Å². The lowest BCUT2D eigenvalue weighted by molar-refractivity contribution is 0.198. The van der Waals surface area contributed by atoms with Crippen molar-refractivity contribution in [2.75, 3.05) is 0 Å². The number of aryl methyl sites for hydroxylation is 1. The molecule has 0 spiro atoms. The molecule has 0 amide bonds. The molecule has 72 valence electrons. The molecule has 0 aliphatic heterocycles. The van der Waals surface area contributed by atoms with Gasteiger partial charge in [0.15, 0.2) is 0 Å². The average Bonchev–Trinajstić information content (AvgIpc) is 2.53. The fourth-order valence-corrected chi connectivity index (χ4v) is 2.97. The Balaban J connectivity index is 2.42. The van der Waals surface area contributed by atoms with Gasteiger partial charge < -0.3 is 5.11 Å². The second kappa shape index (κ2) is 2.79. The van der Waals surface area contributed by atoms with E-state index in [1.807, 2.05) is 0 Å². The van der Waals surface area contributed by atoms with Crippen molar-refractivity contribution < 1.29 is 5.11 Å². The lowest BCUT2D eigenvalue weighted by atomic mass is 9.91. The van der Waals surface area contributed by atoms with Gasteiger partial charge in [0.1, 0.15) is 11.1 Å². The Morgan fingerprint density at radius 3 is 2.77 bits per heavy atom. The van der Waals surface area contributed by atoms with Crippen molar-refractivity contribution in [2.24, 2.45) is 0 Å². The SMILES string of the molecule is CC(O)c1nc2c(s1)CCC2(C)C. The molecule has 1 aromatic heterocycles. The van der Waals surface area contributed by atoms with E-state index >= 15 is 0 Å². The van der Waals surface area contributed by atoms with Crippen LogP contribution in [0.5, 0.6) is 0 Å². The van der Waals surface area contributed by atoms with E-state index in [1.54, 1.807) is 18.3 Å². The van der Waals surface area contributed by atoms with E-state index in [9.17, 15) is 5.11 Å². The summed E-state index contributed by atoms with van der Waals surface area (Å²) in [5.41, 5.74) is 1.44. The second-order valence-corrected chi connectivity index (χ2v) is 5.50. The van der Waals surface area contributed by atoms with Gasteiger partial charge in [0, 0.05) is 10.3 Å². The third-order valence-corrected chi connectivity index (χ3v) is 3.97. The number of aliphatic hydroxyl groups excluding tert-OH is 1. The number of aromatic nitrogens is 1. The second-order valence-electron chi connectivity index (χ2n) is 4.38. The van der Waals surface area contributed by atoms with Crippen molar-refractivity contribution in [1.29, 1.82) is 0 Å². The van der Waals surface area contributed by atoms with Crippen LogP contribution in [-0.2, 0) is 11.8 Å². The summed E-state index contributed by atoms with van der Waals surface area (Å²) >= 11 is 1.67. The molecule has 3 heteroatoms. The molecule has 0 aromatic carbocycles. The summed E-state index contributed by atoms with van der Waals surface area (Å²) in [4.78, 5) is 5.89. The number of hydrogen-bond acceptors (Lipinski definition) is 3. The molecule has 1 aliphatic carbocycles. The van der Waals surface area contributed by atoms with E-state index in [0.717, 1.165) is 11.4 Å². The van der Waals surface area contributed by atoms with Crippen LogP contribution in [0, 0.1) is 0 Å². The fraction of sp³-hybridized carbons (Fsp3) is 0.700. The van der Waals surface area contributed by atoms with Crippen molar-refractivity contribution >= 4 is 11.3 Å². The smallest absolute Gasteiger partial charge is 0.121 e. The summed E-state index contributed by atoms with van der Waals surface area (Å²) in [6, 6.07) is 0. The average molecular weight is 197 g/mol. The van der Waals surface area contributed by atoms with Crippen molar-refractivity contribution in [3.63, 3.8) is 0 Å². The standard InChI is InChI=1S/C10H15NOS/c1-6(12)9-11-8-7(13-9)4-5-10(8,2)3/h6,12H,4-5H2,1-3H3. The largest absolute Gasteiger partial charge is 0.386 e. The Labute approximate surface area is 82.6 Å². The minimum absolute atomic E-state index is 0.221. The summed E-state index contributed by atoms with van der Waals surface area (Å²) in [5, 5.41) is 10.3. The third kappa shape index (κ3) is 1.40. The van der Waals surface area contributed by atoms with Crippen LogP contribution in [0.4, 0.5) is 0 Å². The van der Waals surface area contributed by atoms with Crippen LogP contribution in [0.15, 0.2) is 0 Å². The molecule has 1 aliphatic rings. The summed E-state index contributed by atoms with van der Waals surface area (Å²) in [5.74, 6) is 0.